The minimum Gasteiger partial charge on any atom is -0.372 e. The molecule has 0 spiro atoms. The Morgan fingerprint density at radius 3 is 2.15 bits per heavy atom. The monoisotopic (exact) mass is 273 g/mol. The second kappa shape index (κ2) is 6.04. The van der Waals surface area contributed by atoms with Crippen molar-refractivity contribution >= 4 is 11.4 Å². The molecule has 0 saturated carbocycles. The first-order valence-electron chi connectivity index (χ1n) is 8.07. The van der Waals surface area contributed by atoms with Crippen LogP contribution in [0.2, 0.25) is 0 Å². The molecule has 0 aromatic heterocycles. The van der Waals surface area contributed by atoms with Crippen molar-refractivity contribution < 1.29 is 0 Å². The highest BCUT2D eigenvalue weighted by atomic mass is 15.2. The van der Waals surface area contributed by atoms with Crippen molar-refractivity contribution in [2.24, 2.45) is 5.92 Å². The first kappa shape index (κ1) is 13.7. The third-order valence-electron chi connectivity index (χ3n) is 4.70. The first-order valence-corrected chi connectivity index (χ1v) is 8.07. The molecule has 2 aliphatic heterocycles. The zero-order chi connectivity index (χ0) is 13.9. The number of piperazine rings is 1. The van der Waals surface area contributed by atoms with Crippen LogP contribution < -0.4 is 15.1 Å². The lowest BCUT2D eigenvalue weighted by Crippen LogP contribution is -2.52. The lowest BCUT2D eigenvalue weighted by atomic mass is 10.0. The summed E-state index contributed by atoms with van der Waals surface area (Å²) in [7, 11) is 0. The molecule has 0 amide bonds. The molecule has 1 unspecified atom stereocenters. The molecule has 20 heavy (non-hydrogen) atoms. The highest BCUT2D eigenvalue weighted by Crippen LogP contribution is 2.25. The fourth-order valence-electron chi connectivity index (χ4n) is 3.31. The molecule has 1 aromatic rings. The van der Waals surface area contributed by atoms with E-state index in [-0.39, 0.29) is 0 Å². The Labute approximate surface area is 123 Å². The van der Waals surface area contributed by atoms with Gasteiger partial charge >= 0.3 is 0 Å². The predicted molar refractivity (Wildman–Crippen MR) is 86.7 cm³/mol. The summed E-state index contributed by atoms with van der Waals surface area (Å²) in [6, 6.07) is 9.81. The molecule has 1 aromatic carbocycles. The fraction of sp³-hybridized carbons (Fsp3) is 0.647. The Kier molecular flexibility index (Phi) is 4.16. The molecule has 2 saturated heterocycles. The summed E-state index contributed by atoms with van der Waals surface area (Å²) in [5.41, 5.74) is 2.77. The number of anilines is 2. The van der Waals surface area contributed by atoms with Crippen LogP contribution in [0.25, 0.3) is 0 Å². The Hall–Kier alpha value is -1.22. The molecular formula is C17H27N3. The molecular weight excluding hydrogens is 246 g/mol. The largest absolute Gasteiger partial charge is 0.372 e. The second-order valence-electron chi connectivity index (χ2n) is 6.46. The average molecular weight is 273 g/mol. The van der Waals surface area contributed by atoms with Gasteiger partial charge in [0.15, 0.2) is 0 Å². The maximum absolute atomic E-state index is 3.62. The van der Waals surface area contributed by atoms with Crippen molar-refractivity contribution in [1.29, 1.82) is 0 Å². The molecule has 2 fully saturated rings. The van der Waals surface area contributed by atoms with Crippen LogP contribution in [0.3, 0.4) is 0 Å². The predicted octanol–water partition coefficient (Wildman–Crippen LogP) is 2.72. The topological polar surface area (TPSA) is 18.5 Å². The smallest absolute Gasteiger partial charge is 0.0368 e. The maximum atomic E-state index is 3.62. The number of nitrogens with zero attached hydrogens (tertiary/aromatic N) is 2. The quantitative estimate of drug-likeness (QED) is 0.913. The molecule has 1 atom stereocenters. The second-order valence-corrected chi connectivity index (χ2v) is 6.46. The van der Waals surface area contributed by atoms with E-state index in [1.54, 1.807) is 0 Å². The summed E-state index contributed by atoms with van der Waals surface area (Å²) in [4.78, 5) is 5.02. The lowest BCUT2D eigenvalue weighted by Gasteiger charge is -2.37. The molecule has 0 bridgehead atoms. The zero-order valence-electron chi connectivity index (χ0n) is 12.8. The van der Waals surface area contributed by atoms with Crippen molar-refractivity contribution in [3.63, 3.8) is 0 Å². The maximum Gasteiger partial charge on any atom is 0.0368 e. The van der Waals surface area contributed by atoms with Gasteiger partial charge in [0.1, 0.15) is 0 Å². The zero-order valence-corrected chi connectivity index (χ0v) is 12.8. The minimum absolute atomic E-state index is 0.613. The van der Waals surface area contributed by atoms with E-state index in [9.17, 15) is 0 Å². The number of benzene rings is 1. The van der Waals surface area contributed by atoms with Gasteiger partial charge in [-0.1, -0.05) is 13.8 Å². The van der Waals surface area contributed by atoms with Gasteiger partial charge in [0.05, 0.1) is 0 Å². The number of hydrogen-bond acceptors (Lipinski definition) is 3. The van der Waals surface area contributed by atoms with Crippen LogP contribution in [0, 0.1) is 5.92 Å². The van der Waals surface area contributed by atoms with Crippen LogP contribution in [0.5, 0.6) is 0 Å². The van der Waals surface area contributed by atoms with Gasteiger partial charge in [0.2, 0.25) is 0 Å². The van der Waals surface area contributed by atoms with Gasteiger partial charge in [-0.3, -0.25) is 0 Å². The van der Waals surface area contributed by atoms with Crippen LogP contribution in [-0.2, 0) is 0 Å². The normalized spacial score (nSPS) is 23.6. The van der Waals surface area contributed by atoms with Crippen molar-refractivity contribution in [2.45, 2.75) is 32.7 Å². The van der Waals surface area contributed by atoms with E-state index in [0.717, 1.165) is 19.6 Å². The molecule has 2 heterocycles. The van der Waals surface area contributed by atoms with Crippen LogP contribution in [0.15, 0.2) is 24.3 Å². The molecule has 110 valence electrons. The van der Waals surface area contributed by atoms with Crippen LogP contribution >= 0.6 is 0 Å². The van der Waals surface area contributed by atoms with Crippen molar-refractivity contribution in [3.05, 3.63) is 24.3 Å². The van der Waals surface area contributed by atoms with Crippen LogP contribution in [0.4, 0.5) is 11.4 Å². The fourth-order valence-corrected chi connectivity index (χ4v) is 3.31. The van der Waals surface area contributed by atoms with Crippen molar-refractivity contribution in [3.8, 4) is 0 Å². The summed E-state index contributed by atoms with van der Waals surface area (Å²) >= 11 is 0. The molecule has 0 radical (unpaired) electrons. The van der Waals surface area contributed by atoms with E-state index in [1.165, 1.54) is 37.3 Å². The van der Waals surface area contributed by atoms with Gasteiger partial charge in [-0.15, -0.1) is 0 Å². The highest BCUT2D eigenvalue weighted by molar-refractivity contribution is 5.57. The molecule has 2 aliphatic rings. The summed E-state index contributed by atoms with van der Waals surface area (Å²) in [5, 5.41) is 3.62. The molecule has 3 heteroatoms. The number of hydrogen-bond donors (Lipinski definition) is 1. The Morgan fingerprint density at radius 2 is 1.55 bits per heavy atom. The van der Waals surface area contributed by atoms with Gasteiger partial charge in [-0.2, -0.15) is 0 Å². The highest BCUT2D eigenvalue weighted by Gasteiger charge is 2.22. The standard InChI is InChI=1S/C17H27N3/c1-14(2)17-13-20(12-9-18-17)16-7-5-15(6-8-16)19-10-3-4-11-19/h5-8,14,17-18H,3-4,9-13H2,1-2H3. The molecule has 3 nitrogen and oxygen atoms in total. The van der Waals surface area contributed by atoms with E-state index in [2.05, 4.69) is 53.2 Å². The average Bonchev–Trinajstić information content (AvgIpc) is 3.02. The minimum atomic E-state index is 0.613. The number of nitrogens with one attached hydrogen (secondary N) is 1. The summed E-state index contributed by atoms with van der Waals surface area (Å²) in [5.74, 6) is 0.696. The summed E-state index contributed by atoms with van der Waals surface area (Å²) in [6.07, 6.45) is 2.69. The summed E-state index contributed by atoms with van der Waals surface area (Å²) in [6.45, 7) is 10.4. The van der Waals surface area contributed by atoms with E-state index >= 15 is 0 Å². The van der Waals surface area contributed by atoms with Gasteiger partial charge in [0, 0.05) is 50.1 Å². The van der Waals surface area contributed by atoms with E-state index < -0.39 is 0 Å². The molecule has 1 N–H and O–H groups in total. The Balaban J connectivity index is 1.67. The molecule has 3 rings (SSSR count). The Morgan fingerprint density at radius 1 is 0.950 bits per heavy atom. The summed E-state index contributed by atoms with van der Waals surface area (Å²) < 4.78 is 0. The van der Waals surface area contributed by atoms with Gasteiger partial charge in [0.25, 0.3) is 0 Å². The molecule has 0 aliphatic carbocycles. The SMILES string of the molecule is CC(C)C1CN(c2ccc(N3CCCC3)cc2)CCN1. The third-order valence-corrected chi connectivity index (χ3v) is 4.70. The van der Waals surface area contributed by atoms with Gasteiger partial charge < -0.3 is 15.1 Å². The van der Waals surface area contributed by atoms with Gasteiger partial charge in [-0.25, -0.2) is 0 Å². The van der Waals surface area contributed by atoms with E-state index in [0.29, 0.717) is 12.0 Å². The van der Waals surface area contributed by atoms with Crippen molar-refractivity contribution in [2.75, 3.05) is 42.5 Å². The van der Waals surface area contributed by atoms with Crippen LogP contribution in [0.1, 0.15) is 26.7 Å². The van der Waals surface area contributed by atoms with E-state index in [4.69, 9.17) is 0 Å². The third kappa shape index (κ3) is 2.93. The lowest BCUT2D eigenvalue weighted by molar-refractivity contribution is 0.368. The van der Waals surface area contributed by atoms with Gasteiger partial charge in [-0.05, 0) is 43.0 Å². The van der Waals surface area contributed by atoms with E-state index in [1.807, 2.05) is 0 Å². The van der Waals surface area contributed by atoms with Crippen LogP contribution in [-0.4, -0.2) is 38.8 Å². The first-order chi connectivity index (χ1) is 9.74. The Bertz CT molecular complexity index is 420. The number of rotatable bonds is 3. The van der Waals surface area contributed by atoms with Crippen molar-refractivity contribution in [1.82, 2.24) is 5.32 Å².